The molecule has 3 rings (SSSR count). The van der Waals surface area contributed by atoms with Gasteiger partial charge in [-0.25, -0.2) is 4.99 Å². The van der Waals surface area contributed by atoms with E-state index in [9.17, 15) is 10.1 Å². The molecule has 0 aromatic heterocycles. The highest BCUT2D eigenvalue weighted by atomic mass is 16.1. The van der Waals surface area contributed by atoms with Gasteiger partial charge in [0, 0.05) is 16.8 Å². The Morgan fingerprint density at radius 2 is 1.78 bits per heavy atom. The molecule has 3 N–H and O–H groups in total. The number of nitrogens with zero attached hydrogens (tertiary/aromatic N) is 2. The maximum Gasteiger partial charge on any atom is 0.268 e. The molecule has 5 heteroatoms. The second kappa shape index (κ2) is 5.78. The number of anilines is 1. The third-order valence-electron chi connectivity index (χ3n) is 3.58. The molecule has 0 spiro atoms. The van der Waals surface area contributed by atoms with Gasteiger partial charge in [0.1, 0.15) is 17.5 Å². The van der Waals surface area contributed by atoms with E-state index in [1.54, 1.807) is 18.2 Å². The molecule has 112 valence electrons. The molecule has 0 bridgehead atoms. The van der Waals surface area contributed by atoms with E-state index < -0.39 is 5.91 Å². The molecule has 0 fully saturated rings. The van der Waals surface area contributed by atoms with Crippen molar-refractivity contribution in [1.82, 2.24) is 0 Å². The smallest absolute Gasteiger partial charge is 0.268 e. The van der Waals surface area contributed by atoms with E-state index in [1.165, 1.54) is 0 Å². The average Bonchev–Trinajstić information content (AvgIpc) is 2.88. The van der Waals surface area contributed by atoms with Gasteiger partial charge in [-0.15, -0.1) is 0 Å². The van der Waals surface area contributed by atoms with E-state index in [0.29, 0.717) is 22.8 Å². The zero-order valence-corrected chi connectivity index (χ0v) is 12.5. The van der Waals surface area contributed by atoms with Crippen LogP contribution in [0.15, 0.2) is 59.1 Å². The number of aryl methyl sites for hydroxylation is 1. The summed E-state index contributed by atoms with van der Waals surface area (Å²) in [7, 11) is 0. The van der Waals surface area contributed by atoms with Crippen molar-refractivity contribution >= 4 is 23.1 Å². The summed E-state index contributed by atoms with van der Waals surface area (Å²) in [5.74, 6) is -0.189. The number of carbonyl (C=O) groups excluding carboxylic acids is 1. The summed E-state index contributed by atoms with van der Waals surface area (Å²) < 4.78 is 0. The number of hydrogen-bond donors (Lipinski definition) is 2. The number of nitriles is 1. The minimum absolute atomic E-state index is 0.0570. The normalized spacial score (nSPS) is 14.5. The largest absolute Gasteiger partial charge is 0.383 e. The lowest BCUT2D eigenvalue weighted by Crippen LogP contribution is -2.14. The topological polar surface area (TPSA) is 91.3 Å². The van der Waals surface area contributed by atoms with Gasteiger partial charge in [0.2, 0.25) is 0 Å². The lowest BCUT2D eigenvalue weighted by molar-refractivity contribution is -0.112. The van der Waals surface area contributed by atoms with Crippen molar-refractivity contribution in [1.29, 1.82) is 5.26 Å². The Balaban J connectivity index is 1.99. The molecule has 2 aromatic carbocycles. The van der Waals surface area contributed by atoms with Crippen molar-refractivity contribution in [3.63, 3.8) is 0 Å². The van der Waals surface area contributed by atoms with Crippen LogP contribution in [0.4, 0.5) is 5.69 Å². The first kappa shape index (κ1) is 14.5. The van der Waals surface area contributed by atoms with Crippen LogP contribution in [0.3, 0.4) is 0 Å². The highest BCUT2D eigenvalue weighted by molar-refractivity contribution is 6.17. The Morgan fingerprint density at radius 3 is 2.43 bits per heavy atom. The van der Waals surface area contributed by atoms with Gasteiger partial charge >= 0.3 is 0 Å². The van der Waals surface area contributed by atoms with Gasteiger partial charge in [-0.05, 0) is 19.1 Å². The third kappa shape index (κ3) is 2.70. The molecule has 0 saturated heterocycles. The number of nitrogens with two attached hydrogens (primary N) is 1. The van der Waals surface area contributed by atoms with Crippen molar-refractivity contribution < 1.29 is 4.79 Å². The molecule has 2 aromatic rings. The summed E-state index contributed by atoms with van der Waals surface area (Å²) >= 11 is 0. The summed E-state index contributed by atoms with van der Waals surface area (Å²) in [4.78, 5) is 16.6. The van der Waals surface area contributed by atoms with E-state index in [4.69, 9.17) is 5.73 Å². The summed E-state index contributed by atoms with van der Waals surface area (Å²) in [6.45, 7) is 1.96. The summed E-state index contributed by atoms with van der Waals surface area (Å²) in [5, 5.41) is 12.1. The molecule has 1 amide bonds. The Bertz CT molecular complexity index is 886. The van der Waals surface area contributed by atoms with Crippen LogP contribution in [-0.4, -0.2) is 11.7 Å². The number of fused-ring (bicyclic) bond motifs is 1. The molecule has 0 atom stereocenters. The SMILES string of the molecule is Cc1ccc(NC(=O)/C(C#N)=C2\N=C(N)c3ccccc32)cc1. The molecule has 23 heavy (non-hydrogen) atoms. The number of rotatable bonds is 2. The van der Waals surface area contributed by atoms with Crippen molar-refractivity contribution in [3.05, 3.63) is 70.8 Å². The number of benzene rings is 2. The second-order valence-corrected chi connectivity index (χ2v) is 5.20. The number of amides is 1. The quantitative estimate of drug-likeness (QED) is 0.659. The van der Waals surface area contributed by atoms with Crippen molar-refractivity contribution in [2.75, 3.05) is 5.32 Å². The van der Waals surface area contributed by atoms with Crippen LogP contribution >= 0.6 is 0 Å². The number of nitrogens with one attached hydrogen (secondary N) is 1. The number of aliphatic imine (C=N–C) groups is 1. The lowest BCUT2D eigenvalue weighted by atomic mass is 10.0. The molecule has 0 unspecified atom stereocenters. The van der Waals surface area contributed by atoms with Gasteiger partial charge in [0.15, 0.2) is 0 Å². The van der Waals surface area contributed by atoms with Crippen LogP contribution in [0.5, 0.6) is 0 Å². The van der Waals surface area contributed by atoms with E-state index in [2.05, 4.69) is 10.3 Å². The molecule has 1 aliphatic rings. The minimum Gasteiger partial charge on any atom is -0.383 e. The fraction of sp³-hybridized carbons (Fsp3) is 0.0556. The summed E-state index contributed by atoms with van der Waals surface area (Å²) in [6.07, 6.45) is 0. The van der Waals surface area contributed by atoms with Gasteiger partial charge in [-0.2, -0.15) is 5.26 Å². The highest BCUT2D eigenvalue weighted by Gasteiger charge is 2.24. The van der Waals surface area contributed by atoms with Gasteiger partial charge in [-0.3, -0.25) is 4.79 Å². The molecule has 0 aliphatic carbocycles. The first-order chi connectivity index (χ1) is 11.1. The molecule has 0 saturated carbocycles. The highest BCUT2D eigenvalue weighted by Crippen LogP contribution is 2.30. The average molecular weight is 302 g/mol. The van der Waals surface area contributed by atoms with Gasteiger partial charge in [-0.1, -0.05) is 42.0 Å². The summed E-state index contributed by atoms with van der Waals surface area (Å²) in [5.41, 5.74) is 9.27. The zero-order chi connectivity index (χ0) is 16.4. The minimum atomic E-state index is -0.500. The Kier molecular flexibility index (Phi) is 3.65. The van der Waals surface area contributed by atoms with E-state index in [-0.39, 0.29) is 5.57 Å². The number of carbonyl (C=O) groups is 1. The molecular weight excluding hydrogens is 288 g/mol. The van der Waals surface area contributed by atoms with E-state index in [1.807, 2.05) is 43.3 Å². The Morgan fingerprint density at radius 1 is 1.13 bits per heavy atom. The predicted molar refractivity (Wildman–Crippen MR) is 89.5 cm³/mol. The first-order valence-electron chi connectivity index (χ1n) is 7.06. The van der Waals surface area contributed by atoms with Crippen molar-refractivity contribution in [2.45, 2.75) is 6.92 Å². The number of hydrogen-bond acceptors (Lipinski definition) is 4. The standard InChI is InChI=1S/C18H14N4O/c1-11-6-8-12(9-7-11)21-18(23)15(10-19)16-13-4-2-3-5-14(13)17(20)22-16/h2-9H,1H3,(H2,20,22)(H,21,23)/b16-15-. The monoisotopic (exact) mass is 302 g/mol. The van der Waals surface area contributed by atoms with Crippen LogP contribution in [0, 0.1) is 18.3 Å². The number of amidine groups is 1. The molecule has 1 heterocycles. The van der Waals surface area contributed by atoms with Crippen LogP contribution in [0.1, 0.15) is 16.7 Å². The van der Waals surface area contributed by atoms with Crippen LogP contribution < -0.4 is 11.1 Å². The molecule has 1 aliphatic heterocycles. The van der Waals surface area contributed by atoms with E-state index >= 15 is 0 Å². The third-order valence-corrected chi connectivity index (χ3v) is 3.58. The van der Waals surface area contributed by atoms with Crippen LogP contribution in [-0.2, 0) is 4.79 Å². The van der Waals surface area contributed by atoms with Gasteiger partial charge < -0.3 is 11.1 Å². The molecular formula is C18H14N4O. The van der Waals surface area contributed by atoms with Crippen molar-refractivity contribution in [2.24, 2.45) is 10.7 Å². The fourth-order valence-corrected chi connectivity index (χ4v) is 2.39. The fourth-order valence-electron chi connectivity index (χ4n) is 2.39. The van der Waals surface area contributed by atoms with E-state index in [0.717, 1.165) is 11.1 Å². The second-order valence-electron chi connectivity index (χ2n) is 5.20. The lowest BCUT2D eigenvalue weighted by Gasteiger charge is -2.06. The van der Waals surface area contributed by atoms with Crippen LogP contribution in [0.25, 0.3) is 5.70 Å². The van der Waals surface area contributed by atoms with Crippen molar-refractivity contribution in [3.8, 4) is 6.07 Å². The van der Waals surface area contributed by atoms with Gasteiger partial charge in [0.05, 0.1) is 5.70 Å². The Hall–Kier alpha value is -3.39. The predicted octanol–water partition coefficient (Wildman–Crippen LogP) is 2.59. The maximum absolute atomic E-state index is 12.4. The van der Waals surface area contributed by atoms with Crippen LogP contribution in [0.2, 0.25) is 0 Å². The first-order valence-corrected chi connectivity index (χ1v) is 7.06. The summed E-state index contributed by atoms with van der Waals surface area (Å²) in [6, 6.07) is 16.5. The molecule has 0 radical (unpaired) electrons. The maximum atomic E-state index is 12.4. The Labute approximate surface area is 133 Å². The zero-order valence-electron chi connectivity index (χ0n) is 12.5. The molecule has 5 nitrogen and oxygen atoms in total. The van der Waals surface area contributed by atoms with Gasteiger partial charge in [0.25, 0.3) is 5.91 Å².